The predicted octanol–water partition coefficient (Wildman–Crippen LogP) is 4.17. The van der Waals surface area contributed by atoms with Gasteiger partial charge in [0, 0.05) is 22.9 Å². The maximum Gasteiger partial charge on any atom is 0.262 e. The van der Waals surface area contributed by atoms with Crippen molar-refractivity contribution in [3.63, 3.8) is 0 Å². The van der Waals surface area contributed by atoms with Crippen LogP contribution in [0.15, 0.2) is 77.3 Å². The minimum absolute atomic E-state index is 0.179. The molecule has 3 amide bonds. The van der Waals surface area contributed by atoms with Crippen molar-refractivity contribution in [1.82, 2.24) is 5.32 Å². The van der Waals surface area contributed by atoms with E-state index in [1.807, 2.05) is 43.3 Å². The first-order valence-corrected chi connectivity index (χ1v) is 11.0. The minimum atomic E-state index is -0.468. The van der Waals surface area contributed by atoms with Crippen LogP contribution in [0.2, 0.25) is 0 Å². The third kappa shape index (κ3) is 6.92. The molecule has 170 valence electrons. The molecule has 3 aromatic rings. The summed E-state index contributed by atoms with van der Waals surface area (Å²) >= 11 is 3.34. The molecular weight excluding hydrogens is 486 g/mol. The lowest BCUT2D eigenvalue weighted by Crippen LogP contribution is -2.38. The number of nitrogens with one attached hydrogen (secondary N) is 2. The zero-order chi connectivity index (χ0) is 23.8. The number of halogens is 1. The van der Waals surface area contributed by atoms with Crippen LogP contribution < -0.4 is 20.3 Å². The van der Waals surface area contributed by atoms with Gasteiger partial charge in [-0.3, -0.25) is 14.4 Å². The van der Waals surface area contributed by atoms with Crippen molar-refractivity contribution in [2.24, 2.45) is 0 Å². The Morgan fingerprint density at radius 3 is 2.42 bits per heavy atom. The molecule has 0 fully saturated rings. The average molecular weight is 510 g/mol. The summed E-state index contributed by atoms with van der Waals surface area (Å²) < 4.78 is 6.48. The van der Waals surface area contributed by atoms with Crippen LogP contribution in [0.1, 0.15) is 15.9 Å². The van der Waals surface area contributed by atoms with Crippen LogP contribution in [0.25, 0.3) is 0 Å². The van der Waals surface area contributed by atoms with Crippen LogP contribution in [-0.4, -0.2) is 37.9 Å². The van der Waals surface area contributed by atoms with Crippen LogP contribution in [0.3, 0.4) is 0 Å². The lowest BCUT2D eigenvalue weighted by molar-refractivity contribution is -0.118. The third-order valence-corrected chi connectivity index (χ3v) is 5.31. The molecule has 0 unspecified atom stereocenters. The van der Waals surface area contributed by atoms with Crippen molar-refractivity contribution in [3.05, 3.63) is 88.4 Å². The molecule has 0 radical (unpaired) electrons. The quantitative estimate of drug-likeness (QED) is 0.477. The van der Waals surface area contributed by atoms with Gasteiger partial charge in [-0.1, -0.05) is 40.2 Å². The number of para-hydroxylation sites is 1. The smallest absolute Gasteiger partial charge is 0.262 e. The van der Waals surface area contributed by atoms with Gasteiger partial charge in [0.15, 0.2) is 6.61 Å². The molecule has 0 aliphatic heterocycles. The Kier molecular flexibility index (Phi) is 8.21. The van der Waals surface area contributed by atoms with Gasteiger partial charge in [0.05, 0.1) is 12.1 Å². The van der Waals surface area contributed by atoms with Gasteiger partial charge in [-0.15, -0.1) is 0 Å². The Morgan fingerprint density at radius 2 is 1.70 bits per heavy atom. The number of ether oxygens (including phenoxy) is 1. The summed E-state index contributed by atoms with van der Waals surface area (Å²) in [6.45, 7) is 1.50. The van der Waals surface area contributed by atoms with Crippen LogP contribution in [0.4, 0.5) is 11.4 Å². The van der Waals surface area contributed by atoms with Gasteiger partial charge < -0.3 is 20.3 Å². The molecule has 3 aromatic carbocycles. The molecule has 0 aliphatic carbocycles. The lowest BCUT2D eigenvalue weighted by atomic mass is 10.2. The molecule has 0 saturated carbocycles. The number of amides is 3. The molecule has 0 saturated heterocycles. The zero-order valence-electron chi connectivity index (χ0n) is 18.3. The van der Waals surface area contributed by atoms with Crippen molar-refractivity contribution in [2.75, 3.05) is 30.4 Å². The highest BCUT2D eigenvalue weighted by atomic mass is 79.9. The summed E-state index contributed by atoms with van der Waals surface area (Å²) in [6, 6.07) is 21.2. The van der Waals surface area contributed by atoms with Gasteiger partial charge >= 0.3 is 0 Å². The van der Waals surface area contributed by atoms with Gasteiger partial charge in [0.2, 0.25) is 5.91 Å². The number of nitrogens with zero attached hydrogens (tertiary/aromatic N) is 1. The second kappa shape index (κ2) is 11.3. The Labute approximate surface area is 200 Å². The number of anilines is 2. The summed E-state index contributed by atoms with van der Waals surface area (Å²) in [4.78, 5) is 38.9. The van der Waals surface area contributed by atoms with Gasteiger partial charge in [-0.05, 0) is 61.0 Å². The van der Waals surface area contributed by atoms with E-state index < -0.39 is 5.91 Å². The fourth-order valence-corrected chi connectivity index (χ4v) is 3.27. The fourth-order valence-electron chi connectivity index (χ4n) is 3.00. The van der Waals surface area contributed by atoms with Gasteiger partial charge in [-0.25, -0.2) is 0 Å². The number of carbonyl (C=O) groups excluding carboxylic acids is 3. The molecule has 0 aliphatic rings. The fraction of sp³-hybridized carbons (Fsp3) is 0.160. The van der Waals surface area contributed by atoms with Crippen LogP contribution >= 0.6 is 15.9 Å². The summed E-state index contributed by atoms with van der Waals surface area (Å²) in [7, 11) is 1.66. The maximum absolute atomic E-state index is 12.7. The first-order valence-electron chi connectivity index (χ1n) is 10.2. The van der Waals surface area contributed by atoms with Crippen molar-refractivity contribution < 1.29 is 19.1 Å². The summed E-state index contributed by atoms with van der Waals surface area (Å²) in [5, 5.41) is 5.35. The van der Waals surface area contributed by atoms with Crippen LogP contribution in [-0.2, 0) is 9.59 Å². The SMILES string of the molecule is Cc1cccc(N(C)C(=O)CNC(=O)c2ccccc2OCC(=O)Nc2ccc(Br)cc2)c1. The number of carbonyl (C=O) groups is 3. The maximum atomic E-state index is 12.7. The van der Waals surface area contributed by atoms with Gasteiger partial charge in [-0.2, -0.15) is 0 Å². The minimum Gasteiger partial charge on any atom is -0.483 e. The highest BCUT2D eigenvalue weighted by molar-refractivity contribution is 9.10. The molecule has 0 aromatic heterocycles. The number of hydrogen-bond acceptors (Lipinski definition) is 4. The summed E-state index contributed by atoms with van der Waals surface area (Å²) in [5.74, 6) is -0.839. The third-order valence-electron chi connectivity index (χ3n) is 4.78. The Bertz CT molecular complexity index is 1150. The molecule has 0 bridgehead atoms. The van der Waals surface area contributed by atoms with E-state index in [0.717, 1.165) is 15.7 Å². The summed E-state index contributed by atoms with van der Waals surface area (Å²) in [6.07, 6.45) is 0. The number of benzene rings is 3. The van der Waals surface area contributed by atoms with Crippen molar-refractivity contribution in [2.45, 2.75) is 6.92 Å². The van der Waals surface area contributed by atoms with E-state index in [-0.39, 0.29) is 36.3 Å². The average Bonchev–Trinajstić information content (AvgIpc) is 2.82. The molecule has 8 heteroatoms. The van der Waals surface area contributed by atoms with Gasteiger partial charge in [0.25, 0.3) is 11.8 Å². The molecule has 0 atom stereocenters. The van der Waals surface area contributed by atoms with Crippen LogP contribution in [0, 0.1) is 6.92 Å². The zero-order valence-corrected chi connectivity index (χ0v) is 19.9. The first-order chi connectivity index (χ1) is 15.8. The number of aryl methyl sites for hydroxylation is 1. The lowest BCUT2D eigenvalue weighted by Gasteiger charge is -2.18. The van der Waals surface area contributed by atoms with Crippen LogP contribution in [0.5, 0.6) is 5.75 Å². The molecule has 0 spiro atoms. The second-order valence-electron chi connectivity index (χ2n) is 7.31. The summed E-state index contributed by atoms with van der Waals surface area (Å²) in [5.41, 5.74) is 2.65. The second-order valence-corrected chi connectivity index (χ2v) is 8.23. The Hall–Kier alpha value is -3.65. The molecular formula is C25H24BrN3O4. The number of rotatable bonds is 8. The highest BCUT2D eigenvalue weighted by Gasteiger charge is 2.16. The standard InChI is InChI=1S/C25H24BrN3O4/c1-17-6-5-7-20(14-17)29(2)24(31)15-27-25(32)21-8-3-4-9-22(21)33-16-23(30)28-19-12-10-18(26)11-13-19/h3-14H,15-16H2,1-2H3,(H,27,32)(H,28,30). The molecule has 0 heterocycles. The number of hydrogen-bond donors (Lipinski definition) is 2. The number of likely N-dealkylation sites (N-methyl/N-ethyl adjacent to an activating group) is 1. The predicted molar refractivity (Wildman–Crippen MR) is 132 cm³/mol. The van der Waals surface area contributed by atoms with E-state index in [1.165, 1.54) is 4.90 Å². The van der Waals surface area contributed by atoms with E-state index >= 15 is 0 Å². The van der Waals surface area contributed by atoms with Gasteiger partial charge in [0.1, 0.15) is 5.75 Å². The van der Waals surface area contributed by atoms with Crippen molar-refractivity contribution in [1.29, 1.82) is 0 Å². The van der Waals surface area contributed by atoms with Crippen molar-refractivity contribution in [3.8, 4) is 5.75 Å². The monoisotopic (exact) mass is 509 g/mol. The van der Waals surface area contributed by atoms with E-state index in [0.29, 0.717) is 5.69 Å². The Balaban J connectivity index is 1.56. The van der Waals surface area contributed by atoms with E-state index in [2.05, 4.69) is 26.6 Å². The topological polar surface area (TPSA) is 87.7 Å². The molecule has 2 N–H and O–H groups in total. The molecule has 7 nitrogen and oxygen atoms in total. The molecule has 3 rings (SSSR count). The molecule has 33 heavy (non-hydrogen) atoms. The van der Waals surface area contributed by atoms with E-state index in [4.69, 9.17) is 4.74 Å². The van der Waals surface area contributed by atoms with E-state index in [9.17, 15) is 14.4 Å². The van der Waals surface area contributed by atoms with E-state index in [1.54, 1.807) is 43.4 Å². The first kappa shape index (κ1) is 24.0. The Morgan fingerprint density at radius 1 is 0.970 bits per heavy atom. The highest BCUT2D eigenvalue weighted by Crippen LogP contribution is 2.19. The largest absolute Gasteiger partial charge is 0.483 e. The normalized spacial score (nSPS) is 10.3. The van der Waals surface area contributed by atoms with Crippen molar-refractivity contribution >= 4 is 45.0 Å².